The number of carbonyl (C=O) groups is 1. The van der Waals surface area contributed by atoms with Crippen LogP contribution in [0.15, 0.2) is 24.3 Å². The third-order valence-electron chi connectivity index (χ3n) is 1.63. The lowest BCUT2D eigenvalue weighted by Crippen LogP contribution is -1.92. The fourth-order valence-electron chi connectivity index (χ4n) is 0.834. The molecule has 0 fully saturated rings. The van der Waals surface area contributed by atoms with E-state index in [1.54, 1.807) is 6.08 Å². The Morgan fingerprint density at radius 1 is 1.50 bits per heavy atom. The summed E-state index contributed by atoms with van der Waals surface area (Å²) in [5.74, 6) is -0.709. The van der Waals surface area contributed by atoms with Gasteiger partial charge >= 0.3 is 5.97 Å². The Morgan fingerprint density at radius 2 is 2.17 bits per heavy atom. The van der Waals surface area contributed by atoms with Crippen molar-refractivity contribution in [2.24, 2.45) is 0 Å². The zero-order valence-electron chi connectivity index (χ0n) is 7.55. The molecule has 0 spiro atoms. The van der Waals surface area contributed by atoms with Crippen molar-refractivity contribution < 1.29 is 9.90 Å². The summed E-state index contributed by atoms with van der Waals surface area (Å²) in [6.45, 7) is 5.62. The molecule has 0 aliphatic heterocycles. The lowest BCUT2D eigenvalue weighted by atomic mass is 10.1. The predicted molar refractivity (Wildman–Crippen MR) is 50.1 cm³/mol. The van der Waals surface area contributed by atoms with Crippen LogP contribution in [-0.4, -0.2) is 11.1 Å². The van der Waals surface area contributed by atoms with Crippen LogP contribution in [0.5, 0.6) is 0 Å². The molecule has 0 atom stereocenters. The van der Waals surface area contributed by atoms with Crippen molar-refractivity contribution in [1.82, 2.24) is 0 Å². The molecule has 0 amide bonds. The van der Waals surface area contributed by atoms with Crippen LogP contribution in [0.4, 0.5) is 0 Å². The molecule has 0 aromatic rings. The Morgan fingerprint density at radius 3 is 2.67 bits per heavy atom. The van der Waals surface area contributed by atoms with Gasteiger partial charge in [-0.05, 0) is 26.2 Å². The molecule has 0 saturated carbocycles. The molecule has 0 aliphatic rings. The first-order chi connectivity index (χ1) is 5.66. The largest absolute Gasteiger partial charge is 0.481 e. The van der Waals surface area contributed by atoms with E-state index in [4.69, 9.17) is 5.11 Å². The van der Waals surface area contributed by atoms with Crippen LogP contribution in [0.25, 0.3) is 0 Å². The molecule has 0 aliphatic carbocycles. The maximum Gasteiger partial charge on any atom is 0.303 e. The van der Waals surface area contributed by atoms with E-state index in [0.717, 1.165) is 24.8 Å². The smallest absolute Gasteiger partial charge is 0.303 e. The van der Waals surface area contributed by atoms with Crippen molar-refractivity contribution in [1.29, 1.82) is 0 Å². The maximum atomic E-state index is 10.1. The van der Waals surface area contributed by atoms with Gasteiger partial charge in [0.05, 0.1) is 0 Å². The van der Waals surface area contributed by atoms with E-state index in [2.05, 4.69) is 12.7 Å². The van der Waals surface area contributed by atoms with E-state index in [0.29, 0.717) is 0 Å². The minimum absolute atomic E-state index is 0.279. The highest BCUT2D eigenvalue weighted by Gasteiger charge is 1.94. The lowest BCUT2D eigenvalue weighted by molar-refractivity contribution is -0.137. The third-order valence-corrected chi connectivity index (χ3v) is 1.63. The summed E-state index contributed by atoms with van der Waals surface area (Å²) in [5.41, 5.74) is 1.16. The van der Waals surface area contributed by atoms with Crippen molar-refractivity contribution in [3.8, 4) is 0 Å². The van der Waals surface area contributed by atoms with Gasteiger partial charge in [0.15, 0.2) is 0 Å². The molecule has 0 bridgehead atoms. The van der Waals surface area contributed by atoms with Crippen LogP contribution in [0.1, 0.15) is 32.6 Å². The number of hydrogen-bond acceptors (Lipinski definition) is 1. The first kappa shape index (κ1) is 11.0. The molecule has 12 heavy (non-hydrogen) atoms. The highest BCUT2D eigenvalue weighted by molar-refractivity contribution is 5.66. The minimum atomic E-state index is -0.709. The molecule has 0 radical (unpaired) electrons. The summed E-state index contributed by atoms with van der Waals surface area (Å²) in [6, 6.07) is 0. The number of aliphatic carboxylic acids is 1. The SMILES string of the molecule is C=C/C(C)=C/CCCCC(=O)O. The number of carboxylic acid groups (broad SMARTS) is 1. The van der Waals surface area contributed by atoms with E-state index < -0.39 is 5.97 Å². The van der Waals surface area contributed by atoms with Crippen LogP contribution >= 0.6 is 0 Å². The fourth-order valence-corrected chi connectivity index (χ4v) is 0.834. The van der Waals surface area contributed by atoms with Gasteiger partial charge < -0.3 is 5.11 Å². The van der Waals surface area contributed by atoms with Crippen molar-refractivity contribution >= 4 is 5.97 Å². The average Bonchev–Trinajstić information content (AvgIpc) is 2.03. The predicted octanol–water partition coefficient (Wildman–Crippen LogP) is 2.76. The molecule has 0 saturated heterocycles. The normalized spacial score (nSPS) is 11.2. The minimum Gasteiger partial charge on any atom is -0.481 e. The summed E-state index contributed by atoms with van der Waals surface area (Å²) in [7, 11) is 0. The molecule has 0 aromatic carbocycles. The second-order valence-electron chi connectivity index (χ2n) is 2.79. The number of rotatable bonds is 6. The Bertz CT molecular complexity index is 180. The van der Waals surface area contributed by atoms with Crippen LogP contribution in [0, 0.1) is 0 Å². The molecule has 0 rings (SSSR count). The molecule has 0 heterocycles. The van der Waals surface area contributed by atoms with Gasteiger partial charge in [0.25, 0.3) is 0 Å². The third kappa shape index (κ3) is 7.06. The van der Waals surface area contributed by atoms with Crippen LogP contribution < -0.4 is 0 Å². The zero-order valence-corrected chi connectivity index (χ0v) is 7.55. The van der Waals surface area contributed by atoms with Gasteiger partial charge in [-0.1, -0.05) is 24.3 Å². The Kier molecular flexibility index (Phi) is 6.07. The number of allylic oxidation sites excluding steroid dienone is 3. The van der Waals surface area contributed by atoms with Gasteiger partial charge in [0, 0.05) is 6.42 Å². The quantitative estimate of drug-likeness (QED) is 0.489. The van der Waals surface area contributed by atoms with Gasteiger partial charge in [-0.3, -0.25) is 4.79 Å². The first-order valence-corrected chi connectivity index (χ1v) is 4.18. The monoisotopic (exact) mass is 168 g/mol. The molecular formula is C10H16O2. The van der Waals surface area contributed by atoms with Crippen LogP contribution in [-0.2, 0) is 4.79 Å². The van der Waals surface area contributed by atoms with Crippen molar-refractivity contribution in [2.75, 3.05) is 0 Å². The second kappa shape index (κ2) is 6.65. The Labute approximate surface area is 73.6 Å². The highest BCUT2D eigenvalue weighted by Crippen LogP contribution is 2.03. The molecule has 0 unspecified atom stereocenters. The second-order valence-corrected chi connectivity index (χ2v) is 2.79. The van der Waals surface area contributed by atoms with Gasteiger partial charge in [-0.2, -0.15) is 0 Å². The topological polar surface area (TPSA) is 37.3 Å². The fraction of sp³-hybridized carbons (Fsp3) is 0.500. The Balaban J connectivity index is 3.32. The zero-order chi connectivity index (χ0) is 9.40. The lowest BCUT2D eigenvalue weighted by Gasteiger charge is -1.94. The van der Waals surface area contributed by atoms with E-state index >= 15 is 0 Å². The van der Waals surface area contributed by atoms with Gasteiger partial charge in [-0.15, -0.1) is 0 Å². The van der Waals surface area contributed by atoms with Crippen molar-refractivity contribution in [2.45, 2.75) is 32.6 Å². The van der Waals surface area contributed by atoms with Gasteiger partial charge in [0.1, 0.15) is 0 Å². The number of hydrogen-bond donors (Lipinski definition) is 1. The summed E-state index contributed by atoms with van der Waals surface area (Å²) in [6.07, 6.45) is 6.81. The summed E-state index contributed by atoms with van der Waals surface area (Å²) >= 11 is 0. The first-order valence-electron chi connectivity index (χ1n) is 4.18. The van der Waals surface area contributed by atoms with Gasteiger partial charge in [-0.25, -0.2) is 0 Å². The van der Waals surface area contributed by atoms with Crippen LogP contribution in [0.3, 0.4) is 0 Å². The highest BCUT2D eigenvalue weighted by atomic mass is 16.4. The average molecular weight is 168 g/mol. The molecule has 1 N–H and O–H groups in total. The Hall–Kier alpha value is -1.05. The van der Waals surface area contributed by atoms with Gasteiger partial charge in [0.2, 0.25) is 0 Å². The molecule has 2 nitrogen and oxygen atoms in total. The molecular weight excluding hydrogens is 152 g/mol. The van der Waals surface area contributed by atoms with Crippen LogP contribution in [0.2, 0.25) is 0 Å². The maximum absolute atomic E-state index is 10.1. The number of unbranched alkanes of at least 4 members (excludes halogenated alkanes) is 2. The van der Waals surface area contributed by atoms with E-state index in [-0.39, 0.29) is 6.42 Å². The standard InChI is InChI=1S/C10H16O2/c1-3-9(2)7-5-4-6-8-10(11)12/h3,7H,1,4-6,8H2,2H3,(H,11,12)/b9-7+. The summed E-state index contributed by atoms with van der Waals surface area (Å²) in [5, 5.41) is 8.34. The van der Waals surface area contributed by atoms with E-state index in [1.165, 1.54) is 0 Å². The van der Waals surface area contributed by atoms with Crippen molar-refractivity contribution in [3.05, 3.63) is 24.3 Å². The van der Waals surface area contributed by atoms with E-state index in [1.807, 2.05) is 6.92 Å². The summed E-state index contributed by atoms with van der Waals surface area (Å²) in [4.78, 5) is 10.1. The molecule has 68 valence electrons. The number of carboxylic acids is 1. The molecule has 2 heteroatoms. The van der Waals surface area contributed by atoms with E-state index in [9.17, 15) is 4.79 Å². The summed E-state index contributed by atoms with van der Waals surface area (Å²) < 4.78 is 0. The van der Waals surface area contributed by atoms with Crippen molar-refractivity contribution in [3.63, 3.8) is 0 Å². The molecule has 0 aromatic heterocycles.